The summed E-state index contributed by atoms with van der Waals surface area (Å²) in [6, 6.07) is 3.81. The molecule has 142 valence electrons. The molecule has 3 fully saturated rings. The van der Waals surface area contributed by atoms with Crippen molar-refractivity contribution in [3.8, 4) is 0 Å². The van der Waals surface area contributed by atoms with E-state index in [1.165, 1.54) is 0 Å². The molecule has 0 radical (unpaired) electrons. The zero-order valence-electron chi connectivity index (χ0n) is 15.3. The molecule has 0 atom stereocenters. The van der Waals surface area contributed by atoms with Crippen LogP contribution in [-0.2, 0) is 20.4 Å². The highest BCUT2D eigenvalue weighted by atomic mass is 16.2. The molecule has 27 heavy (non-hydrogen) atoms. The third-order valence-electron chi connectivity index (χ3n) is 6.42. The third kappa shape index (κ3) is 2.57. The summed E-state index contributed by atoms with van der Waals surface area (Å²) in [6.07, 6.45) is 7.71. The molecule has 0 spiro atoms. The molecule has 1 aliphatic heterocycles. The minimum atomic E-state index is -0.413. The fourth-order valence-corrected chi connectivity index (χ4v) is 4.42. The zero-order valence-corrected chi connectivity index (χ0v) is 15.3. The maximum absolute atomic E-state index is 13.2. The summed E-state index contributed by atoms with van der Waals surface area (Å²) in [7, 11) is 0. The van der Waals surface area contributed by atoms with E-state index >= 15 is 0 Å². The molecule has 8 heteroatoms. The van der Waals surface area contributed by atoms with Crippen molar-refractivity contribution in [1.82, 2.24) is 30.2 Å². The first-order valence-electron chi connectivity index (χ1n) is 9.74. The Morgan fingerprint density at radius 3 is 1.56 bits per heavy atom. The Kier molecular flexibility index (Phi) is 3.63. The second-order valence-corrected chi connectivity index (χ2v) is 8.04. The van der Waals surface area contributed by atoms with E-state index in [2.05, 4.69) is 20.4 Å². The van der Waals surface area contributed by atoms with Crippen molar-refractivity contribution in [3.05, 3.63) is 35.9 Å². The summed E-state index contributed by atoms with van der Waals surface area (Å²) < 4.78 is 0. The van der Waals surface area contributed by atoms with Crippen molar-refractivity contribution in [3.63, 3.8) is 0 Å². The molecule has 2 aliphatic carbocycles. The lowest BCUT2D eigenvalue weighted by Crippen LogP contribution is -2.44. The van der Waals surface area contributed by atoms with Gasteiger partial charge in [-0.1, -0.05) is 0 Å². The summed E-state index contributed by atoms with van der Waals surface area (Å²) in [4.78, 5) is 30.2. The van der Waals surface area contributed by atoms with Crippen molar-refractivity contribution in [2.75, 3.05) is 26.2 Å². The van der Waals surface area contributed by atoms with Gasteiger partial charge in [-0.25, -0.2) is 0 Å². The second-order valence-electron chi connectivity index (χ2n) is 8.04. The van der Waals surface area contributed by atoms with E-state index in [-0.39, 0.29) is 11.8 Å². The highest BCUT2D eigenvalue weighted by Gasteiger charge is 2.56. The number of carbonyl (C=O) groups is 2. The van der Waals surface area contributed by atoms with Gasteiger partial charge in [-0.3, -0.25) is 19.8 Å². The standard InChI is InChI=1S/C19H24N6O2/c26-16(18(4-5-18)14-2-8-20-22-14)24-10-1-11-25(13-12-24)17(27)19(6-7-19)15-3-9-21-23-15/h2-3,8-9H,1,4-7,10-13H2,(H,20,22)(H,21,23). The Hall–Kier alpha value is -2.64. The lowest BCUT2D eigenvalue weighted by molar-refractivity contribution is -0.136. The molecular formula is C19H24N6O2. The summed E-state index contributed by atoms with van der Waals surface area (Å²) in [5.41, 5.74) is 1.01. The minimum Gasteiger partial charge on any atom is -0.340 e. The van der Waals surface area contributed by atoms with Gasteiger partial charge in [-0.05, 0) is 44.2 Å². The lowest BCUT2D eigenvalue weighted by atomic mass is 10.0. The lowest BCUT2D eigenvalue weighted by Gasteiger charge is -2.27. The van der Waals surface area contributed by atoms with E-state index in [1.54, 1.807) is 12.4 Å². The largest absolute Gasteiger partial charge is 0.340 e. The average molecular weight is 368 g/mol. The van der Waals surface area contributed by atoms with E-state index in [9.17, 15) is 9.59 Å². The number of aromatic amines is 2. The van der Waals surface area contributed by atoms with E-state index in [0.717, 1.165) is 43.5 Å². The molecule has 3 heterocycles. The number of rotatable bonds is 4. The third-order valence-corrected chi connectivity index (χ3v) is 6.42. The van der Waals surface area contributed by atoms with Gasteiger partial charge in [0.2, 0.25) is 11.8 Å². The van der Waals surface area contributed by atoms with Gasteiger partial charge < -0.3 is 9.80 Å². The number of hydrogen-bond donors (Lipinski definition) is 2. The average Bonchev–Trinajstić information content (AvgIpc) is 3.57. The van der Waals surface area contributed by atoms with Crippen molar-refractivity contribution in [1.29, 1.82) is 0 Å². The van der Waals surface area contributed by atoms with Gasteiger partial charge in [0.25, 0.3) is 0 Å². The van der Waals surface area contributed by atoms with Gasteiger partial charge in [0.15, 0.2) is 0 Å². The molecule has 3 aliphatic rings. The number of aromatic nitrogens is 4. The summed E-state index contributed by atoms with van der Waals surface area (Å²) in [5.74, 6) is 0.353. The van der Waals surface area contributed by atoms with Crippen LogP contribution in [-0.4, -0.2) is 68.2 Å². The number of hydrogen-bond acceptors (Lipinski definition) is 4. The fraction of sp³-hybridized carbons (Fsp3) is 0.579. The fourth-order valence-electron chi connectivity index (χ4n) is 4.42. The van der Waals surface area contributed by atoms with Crippen LogP contribution >= 0.6 is 0 Å². The first-order valence-corrected chi connectivity index (χ1v) is 9.74. The van der Waals surface area contributed by atoms with Crippen LogP contribution in [0.2, 0.25) is 0 Å². The van der Waals surface area contributed by atoms with Gasteiger partial charge in [-0.2, -0.15) is 10.2 Å². The molecule has 8 nitrogen and oxygen atoms in total. The molecule has 0 unspecified atom stereocenters. The van der Waals surface area contributed by atoms with Crippen molar-refractivity contribution < 1.29 is 9.59 Å². The van der Waals surface area contributed by atoms with Crippen molar-refractivity contribution >= 4 is 11.8 Å². The smallest absolute Gasteiger partial charge is 0.234 e. The molecule has 2 aromatic heterocycles. The molecule has 2 N–H and O–H groups in total. The molecule has 2 amide bonds. The summed E-state index contributed by atoms with van der Waals surface area (Å²) in [5, 5.41) is 14.0. The molecular weight excluding hydrogens is 344 g/mol. The van der Waals surface area contributed by atoms with Crippen molar-refractivity contribution in [2.45, 2.75) is 42.9 Å². The quantitative estimate of drug-likeness (QED) is 0.840. The van der Waals surface area contributed by atoms with Crippen LogP contribution in [0, 0.1) is 0 Å². The van der Waals surface area contributed by atoms with Gasteiger partial charge in [0.1, 0.15) is 0 Å². The van der Waals surface area contributed by atoms with Crippen LogP contribution < -0.4 is 0 Å². The topological polar surface area (TPSA) is 98.0 Å². The normalized spacial score (nSPS) is 23.0. The SMILES string of the molecule is O=C(N1CCCN(C(=O)C2(c3ccn[nH]3)CC2)CC1)C1(c2ccn[nH]2)CC1. The van der Waals surface area contributed by atoms with Crippen LogP contribution in [0.4, 0.5) is 0 Å². The van der Waals surface area contributed by atoms with Crippen LogP contribution in [0.1, 0.15) is 43.5 Å². The monoisotopic (exact) mass is 368 g/mol. The second kappa shape index (κ2) is 5.94. The first kappa shape index (κ1) is 16.5. The van der Waals surface area contributed by atoms with Crippen LogP contribution in [0.25, 0.3) is 0 Å². The van der Waals surface area contributed by atoms with E-state index in [4.69, 9.17) is 0 Å². The predicted octanol–water partition coefficient (Wildman–Crippen LogP) is 0.957. The number of amides is 2. The van der Waals surface area contributed by atoms with Gasteiger partial charge >= 0.3 is 0 Å². The Balaban J connectivity index is 1.27. The van der Waals surface area contributed by atoms with Crippen molar-refractivity contribution in [2.24, 2.45) is 0 Å². The molecule has 1 saturated heterocycles. The molecule has 5 rings (SSSR count). The van der Waals surface area contributed by atoms with Crippen LogP contribution in [0.5, 0.6) is 0 Å². The highest BCUT2D eigenvalue weighted by molar-refractivity contribution is 5.92. The predicted molar refractivity (Wildman–Crippen MR) is 96.8 cm³/mol. The zero-order chi connectivity index (χ0) is 18.5. The van der Waals surface area contributed by atoms with Crippen LogP contribution in [0.15, 0.2) is 24.5 Å². The number of H-pyrrole nitrogens is 2. The molecule has 0 aromatic carbocycles. The Morgan fingerprint density at radius 2 is 1.22 bits per heavy atom. The Morgan fingerprint density at radius 1 is 0.778 bits per heavy atom. The van der Waals surface area contributed by atoms with E-state index < -0.39 is 10.8 Å². The summed E-state index contributed by atoms with van der Waals surface area (Å²) in [6.45, 7) is 2.60. The number of nitrogens with zero attached hydrogens (tertiary/aromatic N) is 4. The van der Waals surface area contributed by atoms with Crippen LogP contribution in [0.3, 0.4) is 0 Å². The minimum absolute atomic E-state index is 0.177. The molecule has 2 saturated carbocycles. The molecule has 0 bridgehead atoms. The maximum atomic E-state index is 13.2. The Bertz CT molecular complexity index is 765. The highest BCUT2D eigenvalue weighted by Crippen LogP contribution is 2.50. The maximum Gasteiger partial charge on any atom is 0.234 e. The van der Waals surface area contributed by atoms with Gasteiger partial charge in [-0.15, -0.1) is 0 Å². The van der Waals surface area contributed by atoms with E-state index in [1.807, 2.05) is 21.9 Å². The number of nitrogens with one attached hydrogen (secondary N) is 2. The summed E-state index contributed by atoms with van der Waals surface area (Å²) >= 11 is 0. The molecule has 2 aromatic rings. The Labute approximate surface area is 157 Å². The number of carbonyl (C=O) groups excluding carboxylic acids is 2. The first-order chi connectivity index (χ1) is 13.2. The van der Waals surface area contributed by atoms with E-state index in [0.29, 0.717) is 26.2 Å². The van der Waals surface area contributed by atoms with Gasteiger partial charge in [0, 0.05) is 38.6 Å². The van der Waals surface area contributed by atoms with Gasteiger partial charge in [0.05, 0.1) is 22.2 Å².